The Morgan fingerprint density at radius 1 is 1.33 bits per heavy atom. The number of benzene rings is 1. The molecule has 11 heteroatoms. The van der Waals surface area contributed by atoms with Crippen molar-refractivity contribution >= 4 is 17.7 Å². The summed E-state index contributed by atoms with van der Waals surface area (Å²) in [4.78, 5) is 12.6. The van der Waals surface area contributed by atoms with Gasteiger partial charge in [-0.1, -0.05) is 17.7 Å². The monoisotopic (exact) mass is 485 g/mol. The molecule has 0 bridgehead atoms. The highest BCUT2D eigenvalue weighted by molar-refractivity contribution is 6.33. The molecule has 0 aliphatic heterocycles. The standard InChI is InChI=1S/C22H20ClF4N3O3/c1-3-33-20(31)29-10-12(18-15(23)5-4-6-16(18)24)7-17(29)14-11-30(13-8-21(2,32)9-13)28-19(14)22(25,26)27/h4-7,10-11,13,32H,3,8-9H2,1-2H3. The molecule has 1 aliphatic carbocycles. The third kappa shape index (κ3) is 4.37. The van der Waals surface area contributed by atoms with E-state index in [9.17, 15) is 27.5 Å². The summed E-state index contributed by atoms with van der Waals surface area (Å²) >= 11 is 6.13. The van der Waals surface area contributed by atoms with E-state index >= 15 is 0 Å². The predicted molar refractivity (Wildman–Crippen MR) is 112 cm³/mol. The van der Waals surface area contributed by atoms with Gasteiger partial charge in [-0.25, -0.2) is 9.18 Å². The maximum Gasteiger partial charge on any atom is 0.435 e. The Labute approximate surface area is 191 Å². The van der Waals surface area contributed by atoms with Crippen LogP contribution in [-0.2, 0) is 10.9 Å². The van der Waals surface area contributed by atoms with Gasteiger partial charge in [-0.05, 0) is 44.9 Å². The molecule has 0 unspecified atom stereocenters. The van der Waals surface area contributed by atoms with E-state index in [4.69, 9.17) is 16.3 Å². The van der Waals surface area contributed by atoms with Crippen LogP contribution < -0.4 is 0 Å². The van der Waals surface area contributed by atoms with E-state index in [1.54, 1.807) is 13.8 Å². The van der Waals surface area contributed by atoms with Crippen molar-refractivity contribution in [1.82, 2.24) is 14.3 Å². The second kappa shape index (κ2) is 8.18. The summed E-state index contributed by atoms with van der Waals surface area (Å²) in [5.74, 6) is -0.696. The highest BCUT2D eigenvalue weighted by Crippen LogP contribution is 2.44. The molecule has 2 heterocycles. The lowest BCUT2D eigenvalue weighted by atomic mass is 9.77. The Morgan fingerprint density at radius 2 is 2.03 bits per heavy atom. The van der Waals surface area contributed by atoms with Crippen LogP contribution in [0.5, 0.6) is 0 Å². The van der Waals surface area contributed by atoms with Crippen molar-refractivity contribution in [2.75, 3.05) is 6.61 Å². The molecule has 0 amide bonds. The van der Waals surface area contributed by atoms with Crippen LogP contribution in [0, 0.1) is 5.82 Å². The highest BCUT2D eigenvalue weighted by atomic mass is 35.5. The number of nitrogens with zero attached hydrogens (tertiary/aromatic N) is 3. The summed E-state index contributed by atoms with van der Waals surface area (Å²) in [5, 5.41) is 13.7. The maximum absolute atomic E-state index is 14.5. The van der Waals surface area contributed by atoms with Crippen LogP contribution >= 0.6 is 11.6 Å². The molecule has 0 spiro atoms. The van der Waals surface area contributed by atoms with Crippen LogP contribution in [0.4, 0.5) is 22.4 Å². The van der Waals surface area contributed by atoms with Gasteiger partial charge in [0.25, 0.3) is 0 Å². The molecule has 6 nitrogen and oxygen atoms in total. The molecule has 4 rings (SSSR count). The lowest BCUT2D eigenvalue weighted by molar-refractivity contribution is -0.141. The van der Waals surface area contributed by atoms with Gasteiger partial charge in [-0.2, -0.15) is 18.3 Å². The fourth-order valence-corrected chi connectivity index (χ4v) is 4.31. The minimum absolute atomic E-state index is 0.0191. The van der Waals surface area contributed by atoms with E-state index in [0.717, 1.165) is 15.3 Å². The average molecular weight is 486 g/mol. The Balaban J connectivity index is 1.90. The largest absolute Gasteiger partial charge is 0.449 e. The molecule has 1 saturated carbocycles. The Bertz CT molecular complexity index is 1190. The van der Waals surface area contributed by atoms with E-state index < -0.39 is 35.4 Å². The second-order valence-corrected chi connectivity index (χ2v) is 8.61. The summed E-state index contributed by atoms with van der Waals surface area (Å²) in [5.41, 5.74) is -2.68. The topological polar surface area (TPSA) is 69.3 Å². The average Bonchev–Trinajstić information content (AvgIpc) is 3.30. The van der Waals surface area contributed by atoms with Crippen molar-refractivity contribution in [3.63, 3.8) is 0 Å². The zero-order valence-electron chi connectivity index (χ0n) is 17.7. The van der Waals surface area contributed by atoms with Crippen molar-refractivity contribution < 1.29 is 32.2 Å². The van der Waals surface area contributed by atoms with Crippen molar-refractivity contribution in [2.45, 2.75) is 44.5 Å². The first-order valence-corrected chi connectivity index (χ1v) is 10.5. The van der Waals surface area contributed by atoms with Crippen LogP contribution in [0.3, 0.4) is 0 Å². The van der Waals surface area contributed by atoms with Crippen molar-refractivity contribution in [2.24, 2.45) is 0 Å². The predicted octanol–water partition coefficient (Wildman–Crippen LogP) is 5.92. The third-order valence-electron chi connectivity index (χ3n) is 5.54. The zero-order valence-corrected chi connectivity index (χ0v) is 18.4. The summed E-state index contributed by atoms with van der Waals surface area (Å²) in [6.07, 6.45) is -2.92. The van der Waals surface area contributed by atoms with Gasteiger partial charge in [0.1, 0.15) is 5.82 Å². The van der Waals surface area contributed by atoms with Gasteiger partial charge in [0.05, 0.1) is 29.0 Å². The Kier molecular flexibility index (Phi) is 5.78. The van der Waals surface area contributed by atoms with E-state index in [2.05, 4.69) is 5.10 Å². The molecule has 1 N–H and O–H groups in total. The van der Waals surface area contributed by atoms with Gasteiger partial charge < -0.3 is 9.84 Å². The number of halogens is 5. The molecule has 1 aliphatic rings. The van der Waals surface area contributed by atoms with Crippen molar-refractivity contribution in [3.05, 3.63) is 53.2 Å². The molecule has 0 radical (unpaired) electrons. The molecular weight excluding hydrogens is 466 g/mol. The molecule has 33 heavy (non-hydrogen) atoms. The fraction of sp³-hybridized carbons (Fsp3) is 0.364. The SMILES string of the molecule is CCOC(=O)n1cc(-c2c(F)cccc2Cl)cc1-c1cn(C2CC(C)(O)C2)nc1C(F)(F)F. The molecule has 2 aromatic heterocycles. The van der Waals surface area contributed by atoms with E-state index in [-0.39, 0.29) is 46.9 Å². The minimum atomic E-state index is -4.83. The number of aliphatic hydroxyl groups is 1. The lowest BCUT2D eigenvalue weighted by Crippen LogP contribution is -2.42. The number of aromatic nitrogens is 3. The molecule has 0 atom stereocenters. The van der Waals surface area contributed by atoms with Crippen LogP contribution in [-0.4, -0.2) is 37.8 Å². The molecule has 1 aromatic carbocycles. The number of carbonyl (C=O) groups excluding carboxylic acids is 1. The normalized spacial score (nSPS) is 20.5. The zero-order chi connectivity index (χ0) is 24.1. The first-order valence-electron chi connectivity index (χ1n) is 10.1. The molecular formula is C22H20ClF4N3O3. The Morgan fingerprint density at radius 3 is 2.61 bits per heavy atom. The smallest absolute Gasteiger partial charge is 0.435 e. The summed E-state index contributed by atoms with van der Waals surface area (Å²) in [6.45, 7) is 3.13. The van der Waals surface area contributed by atoms with Gasteiger partial charge in [-0.3, -0.25) is 9.25 Å². The molecule has 3 aromatic rings. The van der Waals surface area contributed by atoms with E-state index in [1.165, 1.54) is 30.6 Å². The van der Waals surface area contributed by atoms with Crippen LogP contribution in [0.15, 0.2) is 36.7 Å². The first-order chi connectivity index (χ1) is 15.4. The van der Waals surface area contributed by atoms with Gasteiger partial charge >= 0.3 is 12.3 Å². The summed E-state index contributed by atoms with van der Waals surface area (Å²) in [7, 11) is 0. The number of hydrogen-bond acceptors (Lipinski definition) is 4. The first kappa shape index (κ1) is 23.3. The number of ether oxygens (including phenoxy) is 1. The molecule has 0 saturated heterocycles. The van der Waals surface area contributed by atoms with Crippen LogP contribution in [0.2, 0.25) is 5.02 Å². The van der Waals surface area contributed by atoms with Crippen molar-refractivity contribution in [1.29, 1.82) is 0 Å². The minimum Gasteiger partial charge on any atom is -0.449 e. The number of carbonyl (C=O) groups is 1. The second-order valence-electron chi connectivity index (χ2n) is 8.21. The van der Waals surface area contributed by atoms with E-state index in [1.807, 2.05) is 0 Å². The lowest BCUT2D eigenvalue weighted by Gasteiger charge is -2.40. The third-order valence-corrected chi connectivity index (χ3v) is 5.85. The fourth-order valence-electron chi connectivity index (χ4n) is 4.04. The molecule has 1 fully saturated rings. The van der Waals surface area contributed by atoms with Crippen LogP contribution in [0.1, 0.15) is 38.4 Å². The molecule has 176 valence electrons. The van der Waals surface area contributed by atoms with Crippen molar-refractivity contribution in [3.8, 4) is 22.4 Å². The highest BCUT2D eigenvalue weighted by Gasteiger charge is 2.43. The number of alkyl halides is 3. The number of hydrogen-bond donors (Lipinski definition) is 1. The van der Waals surface area contributed by atoms with Gasteiger partial charge in [0, 0.05) is 29.1 Å². The van der Waals surface area contributed by atoms with Gasteiger partial charge in [0.15, 0.2) is 5.69 Å². The summed E-state index contributed by atoms with van der Waals surface area (Å²) in [6, 6.07) is 4.80. The summed E-state index contributed by atoms with van der Waals surface area (Å²) < 4.78 is 63.2. The quantitative estimate of drug-likeness (QED) is 0.466. The Hall–Kier alpha value is -2.85. The number of rotatable bonds is 4. The van der Waals surface area contributed by atoms with Gasteiger partial charge in [-0.15, -0.1) is 0 Å². The van der Waals surface area contributed by atoms with Crippen LogP contribution in [0.25, 0.3) is 22.4 Å². The maximum atomic E-state index is 14.5. The van der Waals surface area contributed by atoms with E-state index in [0.29, 0.717) is 0 Å². The van der Waals surface area contributed by atoms with Gasteiger partial charge in [0.2, 0.25) is 0 Å².